The smallest absolute Gasteiger partial charge is 0.0637 e. The van der Waals surface area contributed by atoms with Crippen molar-refractivity contribution in [2.45, 2.75) is 25.4 Å². The maximum Gasteiger partial charge on any atom is 0.0637 e. The van der Waals surface area contributed by atoms with E-state index in [4.69, 9.17) is 23.2 Å². The van der Waals surface area contributed by atoms with E-state index >= 15 is 0 Å². The van der Waals surface area contributed by atoms with Gasteiger partial charge in [0.1, 0.15) is 0 Å². The van der Waals surface area contributed by atoms with E-state index in [-0.39, 0.29) is 0 Å². The van der Waals surface area contributed by atoms with E-state index < -0.39 is 0 Å². The number of hydrogen-bond donors (Lipinski definition) is 0. The molecule has 1 aliphatic heterocycles. The Hall–Kier alpha value is -0.280. The van der Waals surface area contributed by atoms with Crippen LogP contribution in [0.5, 0.6) is 0 Å². The molecule has 2 nitrogen and oxygen atoms in total. The van der Waals surface area contributed by atoms with Gasteiger partial charge in [0.05, 0.1) is 10.0 Å². The van der Waals surface area contributed by atoms with E-state index in [1.165, 1.54) is 25.9 Å². The predicted molar refractivity (Wildman–Crippen MR) is 78.4 cm³/mol. The van der Waals surface area contributed by atoms with Crippen LogP contribution in [0.25, 0.3) is 0 Å². The van der Waals surface area contributed by atoms with E-state index in [0.717, 1.165) is 12.1 Å². The van der Waals surface area contributed by atoms with Crippen molar-refractivity contribution in [1.29, 1.82) is 0 Å². The zero-order chi connectivity index (χ0) is 13.1. The molecule has 0 N–H and O–H groups in total. The number of likely N-dealkylation sites (tertiary alicyclic amines) is 1. The van der Waals surface area contributed by atoms with Crippen LogP contribution < -0.4 is 0 Å². The normalized spacial score (nSPS) is 18.5. The molecule has 0 aromatic heterocycles. The van der Waals surface area contributed by atoms with Gasteiger partial charge in [0.15, 0.2) is 0 Å². The third-order valence-corrected chi connectivity index (χ3v) is 4.62. The molecule has 1 fully saturated rings. The Bertz CT molecular complexity index is 401. The molecule has 18 heavy (non-hydrogen) atoms. The molecule has 4 heteroatoms. The van der Waals surface area contributed by atoms with Crippen molar-refractivity contribution >= 4 is 23.2 Å². The standard InChI is InChI=1S/C14H20Cl2N2/c1-17-8-6-12(7-9-17)18(2)10-11-4-3-5-13(15)14(11)16/h3-5,12H,6-10H2,1-2H3. The lowest BCUT2D eigenvalue weighted by atomic mass is 10.0. The molecule has 2 rings (SSSR count). The van der Waals surface area contributed by atoms with Gasteiger partial charge in [-0.3, -0.25) is 4.90 Å². The van der Waals surface area contributed by atoms with E-state index in [0.29, 0.717) is 16.1 Å². The Balaban J connectivity index is 1.98. The highest BCUT2D eigenvalue weighted by atomic mass is 35.5. The van der Waals surface area contributed by atoms with Crippen molar-refractivity contribution in [1.82, 2.24) is 9.80 Å². The Labute approximate surface area is 119 Å². The minimum absolute atomic E-state index is 0.644. The minimum atomic E-state index is 0.644. The summed E-state index contributed by atoms with van der Waals surface area (Å²) in [6.45, 7) is 3.23. The van der Waals surface area contributed by atoms with Gasteiger partial charge in [0.2, 0.25) is 0 Å². The van der Waals surface area contributed by atoms with Crippen LogP contribution in [0.1, 0.15) is 18.4 Å². The zero-order valence-corrected chi connectivity index (χ0v) is 12.5. The van der Waals surface area contributed by atoms with Crippen LogP contribution in [-0.4, -0.2) is 43.0 Å². The van der Waals surface area contributed by atoms with Crippen molar-refractivity contribution < 1.29 is 0 Å². The van der Waals surface area contributed by atoms with E-state index in [2.05, 4.69) is 30.0 Å². The van der Waals surface area contributed by atoms with E-state index in [9.17, 15) is 0 Å². The monoisotopic (exact) mass is 286 g/mol. The SMILES string of the molecule is CN1CCC(N(C)Cc2cccc(Cl)c2Cl)CC1. The highest BCUT2D eigenvalue weighted by Gasteiger charge is 2.21. The average molecular weight is 287 g/mol. The van der Waals surface area contributed by atoms with Crippen molar-refractivity contribution in [3.8, 4) is 0 Å². The molecule has 0 amide bonds. The molecular weight excluding hydrogens is 267 g/mol. The lowest BCUT2D eigenvalue weighted by Gasteiger charge is -2.35. The number of piperidine rings is 1. The summed E-state index contributed by atoms with van der Waals surface area (Å²) in [7, 11) is 4.36. The summed E-state index contributed by atoms with van der Waals surface area (Å²) in [5.41, 5.74) is 1.12. The first-order valence-electron chi connectivity index (χ1n) is 6.39. The summed E-state index contributed by atoms with van der Waals surface area (Å²) in [6, 6.07) is 6.51. The molecule has 0 saturated carbocycles. The quantitative estimate of drug-likeness (QED) is 0.839. The Morgan fingerprint density at radius 3 is 2.61 bits per heavy atom. The van der Waals surface area contributed by atoms with Gasteiger partial charge in [-0.05, 0) is 51.7 Å². The first-order valence-corrected chi connectivity index (χ1v) is 7.15. The molecule has 1 saturated heterocycles. The summed E-state index contributed by atoms with van der Waals surface area (Å²) in [4.78, 5) is 4.78. The summed E-state index contributed by atoms with van der Waals surface area (Å²) < 4.78 is 0. The van der Waals surface area contributed by atoms with Gasteiger partial charge < -0.3 is 4.90 Å². The van der Waals surface area contributed by atoms with Crippen molar-refractivity contribution in [3.63, 3.8) is 0 Å². The van der Waals surface area contributed by atoms with Crippen LogP contribution in [0, 0.1) is 0 Å². The number of halogens is 2. The molecule has 100 valence electrons. The van der Waals surface area contributed by atoms with Gasteiger partial charge in [-0.15, -0.1) is 0 Å². The number of benzene rings is 1. The first kappa shape index (κ1) is 14.1. The van der Waals surface area contributed by atoms with Crippen molar-refractivity contribution in [2.75, 3.05) is 27.2 Å². The van der Waals surface area contributed by atoms with Crippen LogP contribution in [0.4, 0.5) is 0 Å². The van der Waals surface area contributed by atoms with Crippen molar-refractivity contribution in [2.24, 2.45) is 0 Å². The van der Waals surface area contributed by atoms with Crippen LogP contribution in [0.2, 0.25) is 10.0 Å². The van der Waals surface area contributed by atoms with Crippen LogP contribution in [0.3, 0.4) is 0 Å². The summed E-state index contributed by atoms with van der Waals surface area (Å²) in [6.07, 6.45) is 2.45. The Morgan fingerprint density at radius 2 is 1.94 bits per heavy atom. The van der Waals surface area contributed by atoms with E-state index in [1.54, 1.807) is 0 Å². The van der Waals surface area contributed by atoms with Gasteiger partial charge in [0.25, 0.3) is 0 Å². The molecule has 1 aromatic carbocycles. The molecule has 0 spiro atoms. The van der Waals surface area contributed by atoms with Crippen LogP contribution >= 0.6 is 23.2 Å². The molecular formula is C14H20Cl2N2. The molecule has 0 radical (unpaired) electrons. The summed E-state index contributed by atoms with van der Waals surface area (Å²) in [5.74, 6) is 0. The molecule has 1 heterocycles. The lowest BCUT2D eigenvalue weighted by Crippen LogP contribution is -2.41. The van der Waals surface area contributed by atoms with Gasteiger partial charge >= 0.3 is 0 Å². The summed E-state index contributed by atoms with van der Waals surface area (Å²) in [5, 5.41) is 1.34. The first-order chi connectivity index (χ1) is 8.58. The van der Waals surface area contributed by atoms with Gasteiger partial charge in [0, 0.05) is 12.6 Å². The maximum absolute atomic E-state index is 6.23. The molecule has 0 bridgehead atoms. The largest absolute Gasteiger partial charge is 0.306 e. The fraction of sp³-hybridized carbons (Fsp3) is 0.571. The second-order valence-electron chi connectivity index (χ2n) is 5.16. The number of nitrogens with zero attached hydrogens (tertiary/aromatic N) is 2. The fourth-order valence-electron chi connectivity index (χ4n) is 2.50. The van der Waals surface area contributed by atoms with Gasteiger partial charge in [-0.1, -0.05) is 35.3 Å². The Morgan fingerprint density at radius 1 is 1.28 bits per heavy atom. The summed E-state index contributed by atoms with van der Waals surface area (Å²) >= 11 is 12.3. The van der Waals surface area contributed by atoms with Gasteiger partial charge in [-0.2, -0.15) is 0 Å². The number of rotatable bonds is 3. The van der Waals surface area contributed by atoms with Gasteiger partial charge in [-0.25, -0.2) is 0 Å². The van der Waals surface area contributed by atoms with Crippen molar-refractivity contribution in [3.05, 3.63) is 33.8 Å². The highest BCUT2D eigenvalue weighted by molar-refractivity contribution is 6.42. The topological polar surface area (TPSA) is 6.48 Å². The third-order valence-electron chi connectivity index (χ3n) is 3.76. The lowest BCUT2D eigenvalue weighted by molar-refractivity contribution is 0.139. The molecule has 0 aliphatic carbocycles. The molecule has 1 aromatic rings. The highest BCUT2D eigenvalue weighted by Crippen LogP contribution is 2.27. The zero-order valence-electron chi connectivity index (χ0n) is 11.0. The van der Waals surface area contributed by atoms with E-state index in [1.807, 2.05) is 12.1 Å². The second-order valence-corrected chi connectivity index (χ2v) is 5.95. The maximum atomic E-state index is 6.23. The molecule has 0 unspecified atom stereocenters. The van der Waals surface area contributed by atoms with Crippen LogP contribution in [-0.2, 0) is 6.54 Å². The molecule has 0 atom stereocenters. The Kier molecular flexibility index (Phi) is 4.91. The number of hydrogen-bond acceptors (Lipinski definition) is 2. The minimum Gasteiger partial charge on any atom is -0.306 e. The third kappa shape index (κ3) is 3.39. The van der Waals surface area contributed by atoms with Crippen LogP contribution in [0.15, 0.2) is 18.2 Å². The second kappa shape index (κ2) is 6.25. The predicted octanol–water partition coefficient (Wildman–Crippen LogP) is 3.52. The molecule has 1 aliphatic rings. The average Bonchev–Trinajstić information content (AvgIpc) is 2.36. The fourth-order valence-corrected chi connectivity index (χ4v) is 2.88.